The Labute approximate surface area is 123 Å². The fraction of sp³-hybridized carbons (Fsp3) is 0.647. The summed E-state index contributed by atoms with van der Waals surface area (Å²) in [7, 11) is 2.23. The van der Waals surface area contributed by atoms with Gasteiger partial charge < -0.3 is 15.4 Å². The highest BCUT2D eigenvalue weighted by atomic mass is 16.5. The van der Waals surface area contributed by atoms with E-state index in [9.17, 15) is 0 Å². The summed E-state index contributed by atoms with van der Waals surface area (Å²) >= 11 is 0. The van der Waals surface area contributed by atoms with Gasteiger partial charge in [0.1, 0.15) is 12.4 Å². The molecule has 2 rings (SSSR count). The molecule has 1 saturated carbocycles. The Balaban J connectivity index is 1.71. The SMILES string of the molecule is CC1CCCC(N(C)CCOc2ccc(CN)cc2)C1. The molecular weight excluding hydrogens is 248 g/mol. The molecule has 0 aliphatic heterocycles. The van der Waals surface area contributed by atoms with Crippen LogP contribution in [0, 0.1) is 5.92 Å². The van der Waals surface area contributed by atoms with Crippen molar-refractivity contribution in [3.63, 3.8) is 0 Å². The highest BCUT2D eigenvalue weighted by molar-refractivity contribution is 5.27. The molecular formula is C17H28N2O. The summed E-state index contributed by atoms with van der Waals surface area (Å²) in [6.45, 7) is 4.71. The minimum atomic E-state index is 0.586. The van der Waals surface area contributed by atoms with Crippen molar-refractivity contribution in [2.24, 2.45) is 11.7 Å². The summed E-state index contributed by atoms with van der Waals surface area (Å²) in [4.78, 5) is 2.46. The maximum atomic E-state index is 5.81. The third kappa shape index (κ3) is 4.50. The average molecular weight is 276 g/mol. The van der Waals surface area contributed by atoms with Crippen molar-refractivity contribution in [1.82, 2.24) is 4.90 Å². The van der Waals surface area contributed by atoms with E-state index in [0.717, 1.165) is 36.4 Å². The second-order valence-electron chi connectivity index (χ2n) is 6.10. The normalized spacial score (nSPS) is 23.0. The molecule has 112 valence electrons. The van der Waals surface area contributed by atoms with Crippen molar-refractivity contribution in [3.8, 4) is 5.75 Å². The molecule has 0 bridgehead atoms. The van der Waals surface area contributed by atoms with Crippen LogP contribution in [0.4, 0.5) is 0 Å². The zero-order chi connectivity index (χ0) is 14.4. The van der Waals surface area contributed by atoms with E-state index in [1.165, 1.54) is 25.7 Å². The lowest BCUT2D eigenvalue weighted by Crippen LogP contribution is -2.37. The van der Waals surface area contributed by atoms with Gasteiger partial charge in [0.05, 0.1) is 0 Å². The summed E-state index contributed by atoms with van der Waals surface area (Å²) < 4.78 is 5.81. The van der Waals surface area contributed by atoms with Crippen molar-refractivity contribution in [2.45, 2.75) is 45.2 Å². The van der Waals surface area contributed by atoms with Crippen LogP contribution < -0.4 is 10.5 Å². The van der Waals surface area contributed by atoms with Gasteiger partial charge in [0.2, 0.25) is 0 Å². The van der Waals surface area contributed by atoms with Crippen LogP contribution in [0.1, 0.15) is 38.2 Å². The summed E-state index contributed by atoms with van der Waals surface area (Å²) in [5.74, 6) is 1.81. The maximum absolute atomic E-state index is 5.81. The van der Waals surface area contributed by atoms with Crippen molar-refractivity contribution in [1.29, 1.82) is 0 Å². The predicted molar refractivity (Wildman–Crippen MR) is 83.9 cm³/mol. The number of likely N-dealkylation sites (N-methyl/N-ethyl adjacent to an activating group) is 1. The molecule has 1 aliphatic rings. The molecule has 1 fully saturated rings. The van der Waals surface area contributed by atoms with Gasteiger partial charge in [-0.25, -0.2) is 0 Å². The van der Waals surface area contributed by atoms with Crippen LogP contribution in [-0.2, 0) is 6.54 Å². The van der Waals surface area contributed by atoms with E-state index < -0.39 is 0 Å². The number of nitrogens with two attached hydrogens (primary N) is 1. The molecule has 1 aromatic carbocycles. The first-order chi connectivity index (χ1) is 9.69. The fourth-order valence-electron chi connectivity index (χ4n) is 3.01. The Bertz CT molecular complexity index is 390. The largest absolute Gasteiger partial charge is 0.492 e. The molecule has 0 heterocycles. The molecule has 20 heavy (non-hydrogen) atoms. The van der Waals surface area contributed by atoms with Gasteiger partial charge in [0.15, 0.2) is 0 Å². The lowest BCUT2D eigenvalue weighted by atomic mass is 9.86. The minimum absolute atomic E-state index is 0.586. The number of ether oxygens (including phenoxy) is 1. The molecule has 0 saturated heterocycles. The van der Waals surface area contributed by atoms with Crippen LogP contribution in [0.15, 0.2) is 24.3 Å². The molecule has 2 unspecified atom stereocenters. The predicted octanol–water partition coefficient (Wildman–Crippen LogP) is 3.03. The summed E-state index contributed by atoms with van der Waals surface area (Å²) in [6.07, 6.45) is 5.44. The van der Waals surface area contributed by atoms with E-state index in [1.54, 1.807) is 0 Å². The lowest BCUT2D eigenvalue weighted by molar-refractivity contribution is 0.141. The number of benzene rings is 1. The van der Waals surface area contributed by atoms with Crippen LogP contribution in [0.2, 0.25) is 0 Å². The van der Waals surface area contributed by atoms with Gasteiger partial charge in [-0.1, -0.05) is 31.9 Å². The number of nitrogens with zero attached hydrogens (tertiary/aromatic N) is 1. The summed E-state index contributed by atoms with van der Waals surface area (Å²) in [5.41, 5.74) is 6.73. The molecule has 0 spiro atoms. The van der Waals surface area contributed by atoms with Gasteiger partial charge in [-0.3, -0.25) is 0 Å². The standard InChI is InChI=1S/C17H28N2O/c1-14-4-3-5-16(12-14)19(2)10-11-20-17-8-6-15(13-18)7-9-17/h6-9,14,16H,3-5,10-13,18H2,1-2H3. The van der Waals surface area contributed by atoms with Crippen LogP contribution in [0.25, 0.3) is 0 Å². The monoisotopic (exact) mass is 276 g/mol. The molecule has 0 amide bonds. The first kappa shape index (κ1) is 15.3. The second-order valence-corrected chi connectivity index (χ2v) is 6.10. The number of hydrogen-bond acceptors (Lipinski definition) is 3. The quantitative estimate of drug-likeness (QED) is 0.868. The van der Waals surface area contributed by atoms with E-state index in [0.29, 0.717) is 6.54 Å². The van der Waals surface area contributed by atoms with E-state index >= 15 is 0 Å². The van der Waals surface area contributed by atoms with Crippen LogP contribution in [0.5, 0.6) is 5.75 Å². The Morgan fingerprint density at radius 2 is 2.00 bits per heavy atom. The van der Waals surface area contributed by atoms with E-state index in [4.69, 9.17) is 10.5 Å². The fourth-order valence-corrected chi connectivity index (χ4v) is 3.01. The van der Waals surface area contributed by atoms with Gasteiger partial charge in [-0.05, 0) is 43.5 Å². The van der Waals surface area contributed by atoms with E-state index in [2.05, 4.69) is 18.9 Å². The van der Waals surface area contributed by atoms with E-state index in [1.807, 2.05) is 24.3 Å². The Morgan fingerprint density at radius 3 is 2.65 bits per heavy atom. The van der Waals surface area contributed by atoms with Gasteiger partial charge in [0.25, 0.3) is 0 Å². The van der Waals surface area contributed by atoms with Crippen molar-refractivity contribution in [3.05, 3.63) is 29.8 Å². The highest BCUT2D eigenvalue weighted by Crippen LogP contribution is 2.26. The van der Waals surface area contributed by atoms with Gasteiger partial charge in [-0.2, -0.15) is 0 Å². The number of rotatable bonds is 6. The van der Waals surface area contributed by atoms with Crippen LogP contribution in [-0.4, -0.2) is 31.1 Å². The summed E-state index contributed by atoms with van der Waals surface area (Å²) in [6, 6.07) is 8.81. The molecule has 0 radical (unpaired) electrons. The smallest absolute Gasteiger partial charge is 0.119 e. The Hall–Kier alpha value is -1.06. The zero-order valence-electron chi connectivity index (χ0n) is 12.8. The van der Waals surface area contributed by atoms with Crippen molar-refractivity contribution in [2.75, 3.05) is 20.2 Å². The first-order valence-corrected chi connectivity index (χ1v) is 7.81. The Morgan fingerprint density at radius 1 is 1.25 bits per heavy atom. The molecule has 1 aliphatic carbocycles. The van der Waals surface area contributed by atoms with Crippen LogP contribution in [0.3, 0.4) is 0 Å². The topological polar surface area (TPSA) is 38.5 Å². The summed E-state index contributed by atoms with van der Waals surface area (Å²) in [5, 5.41) is 0. The van der Waals surface area contributed by atoms with Gasteiger partial charge in [0, 0.05) is 19.1 Å². The molecule has 2 N–H and O–H groups in total. The maximum Gasteiger partial charge on any atom is 0.119 e. The van der Waals surface area contributed by atoms with Gasteiger partial charge in [-0.15, -0.1) is 0 Å². The molecule has 1 aromatic rings. The van der Waals surface area contributed by atoms with Gasteiger partial charge >= 0.3 is 0 Å². The molecule has 3 nitrogen and oxygen atoms in total. The third-order valence-electron chi connectivity index (χ3n) is 4.40. The molecule has 3 heteroatoms. The van der Waals surface area contributed by atoms with Crippen LogP contribution >= 0.6 is 0 Å². The average Bonchev–Trinajstić information content (AvgIpc) is 2.48. The molecule has 0 aromatic heterocycles. The first-order valence-electron chi connectivity index (χ1n) is 7.81. The number of hydrogen-bond donors (Lipinski definition) is 1. The zero-order valence-corrected chi connectivity index (χ0v) is 12.8. The second kappa shape index (κ2) is 7.65. The van der Waals surface area contributed by atoms with E-state index in [-0.39, 0.29) is 0 Å². The lowest BCUT2D eigenvalue weighted by Gasteiger charge is -2.34. The highest BCUT2D eigenvalue weighted by Gasteiger charge is 2.21. The third-order valence-corrected chi connectivity index (χ3v) is 4.40. The van der Waals surface area contributed by atoms with Crippen molar-refractivity contribution >= 4 is 0 Å². The Kier molecular flexibility index (Phi) is 5.86. The molecule has 2 atom stereocenters. The minimum Gasteiger partial charge on any atom is -0.492 e. The van der Waals surface area contributed by atoms with Crippen molar-refractivity contribution < 1.29 is 4.74 Å².